The number of nitrogens with zero attached hydrogens (tertiary/aromatic N) is 1. The summed E-state index contributed by atoms with van der Waals surface area (Å²) >= 11 is 0. The third-order valence-corrected chi connectivity index (χ3v) is 2.81. The van der Waals surface area contributed by atoms with Gasteiger partial charge >= 0.3 is 0 Å². The molecule has 1 heterocycles. The fourth-order valence-corrected chi connectivity index (χ4v) is 1.75. The van der Waals surface area contributed by atoms with E-state index in [2.05, 4.69) is 24.9 Å². The van der Waals surface area contributed by atoms with E-state index in [1.807, 2.05) is 12.3 Å². The van der Waals surface area contributed by atoms with Crippen LogP contribution in [0.15, 0.2) is 18.3 Å². The monoisotopic (exact) mass is 162 g/mol. The first-order valence-corrected chi connectivity index (χ1v) is 4.35. The summed E-state index contributed by atoms with van der Waals surface area (Å²) in [6.07, 6.45) is 2.90. The van der Waals surface area contributed by atoms with Crippen LogP contribution in [-0.4, -0.2) is 4.98 Å². The van der Waals surface area contributed by atoms with E-state index in [0.29, 0.717) is 5.92 Å². The lowest BCUT2D eigenvalue weighted by atomic mass is 10.1. The van der Waals surface area contributed by atoms with E-state index in [4.69, 9.17) is 5.73 Å². The summed E-state index contributed by atoms with van der Waals surface area (Å²) in [4.78, 5) is 4.34. The van der Waals surface area contributed by atoms with Gasteiger partial charge in [-0.05, 0) is 30.9 Å². The second-order valence-corrected chi connectivity index (χ2v) is 3.81. The largest absolute Gasteiger partial charge is 0.320 e. The molecule has 1 saturated carbocycles. The molecule has 0 radical (unpaired) electrons. The molecule has 2 rings (SSSR count). The highest BCUT2D eigenvalue weighted by Crippen LogP contribution is 2.49. The fraction of sp³-hybridized carbons (Fsp3) is 0.500. The van der Waals surface area contributed by atoms with Gasteiger partial charge in [0.25, 0.3) is 0 Å². The molecule has 1 aromatic heterocycles. The summed E-state index contributed by atoms with van der Waals surface area (Å²) in [5, 5.41) is 0. The van der Waals surface area contributed by atoms with Crippen LogP contribution in [0.2, 0.25) is 0 Å². The summed E-state index contributed by atoms with van der Waals surface area (Å²) in [7, 11) is 0. The van der Waals surface area contributed by atoms with Crippen molar-refractivity contribution in [3.8, 4) is 0 Å². The van der Waals surface area contributed by atoms with E-state index >= 15 is 0 Å². The smallest absolute Gasteiger partial charge is 0.0634 e. The van der Waals surface area contributed by atoms with Crippen LogP contribution in [0.5, 0.6) is 0 Å². The Morgan fingerprint density at radius 2 is 2.33 bits per heavy atom. The molecule has 2 unspecified atom stereocenters. The highest BCUT2D eigenvalue weighted by Gasteiger charge is 2.50. The summed E-state index contributed by atoms with van der Waals surface area (Å²) in [6.45, 7) is 4.25. The highest BCUT2D eigenvalue weighted by molar-refractivity contribution is 5.31. The van der Waals surface area contributed by atoms with Gasteiger partial charge in [-0.2, -0.15) is 0 Å². The molecule has 2 atom stereocenters. The van der Waals surface area contributed by atoms with Crippen molar-refractivity contribution in [2.24, 2.45) is 11.7 Å². The maximum Gasteiger partial charge on any atom is 0.0634 e. The summed E-state index contributed by atoms with van der Waals surface area (Å²) in [6, 6.07) is 4.03. The molecule has 2 N–H and O–H groups in total. The Kier molecular flexibility index (Phi) is 1.48. The van der Waals surface area contributed by atoms with Gasteiger partial charge in [0.15, 0.2) is 0 Å². The van der Waals surface area contributed by atoms with Gasteiger partial charge in [0.1, 0.15) is 0 Å². The fourth-order valence-electron chi connectivity index (χ4n) is 1.75. The number of rotatable bonds is 1. The molecule has 2 nitrogen and oxygen atoms in total. The standard InChI is InChI=1S/C10H14N2/c1-7-4-3-5-12-9(7)10(11)6-8(10)2/h3-5,8H,6,11H2,1-2H3. The molecule has 0 saturated heterocycles. The van der Waals surface area contributed by atoms with E-state index in [9.17, 15) is 0 Å². The number of pyridine rings is 1. The molecule has 0 bridgehead atoms. The van der Waals surface area contributed by atoms with Crippen LogP contribution in [0.4, 0.5) is 0 Å². The van der Waals surface area contributed by atoms with E-state index < -0.39 is 0 Å². The Morgan fingerprint density at radius 1 is 1.67 bits per heavy atom. The van der Waals surface area contributed by atoms with Crippen LogP contribution >= 0.6 is 0 Å². The van der Waals surface area contributed by atoms with Crippen molar-refractivity contribution < 1.29 is 0 Å². The second kappa shape index (κ2) is 2.30. The van der Waals surface area contributed by atoms with E-state index in [1.54, 1.807) is 0 Å². The van der Waals surface area contributed by atoms with Gasteiger partial charge in [0, 0.05) is 6.20 Å². The van der Waals surface area contributed by atoms with Gasteiger partial charge in [0.05, 0.1) is 11.2 Å². The minimum atomic E-state index is -0.120. The summed E-state index contributed by atoms with van der Waals surface area (Å²) in [5.41, 5.74) is 8.32. The minimum Gasteiger partial charge on any atom is -0.320 e. The maximum absolute atomic E-state index is 6.15. The lowest BCUT2D eigenvalue weighted by molar-refractivity contribution is 0.636. The van der Waals surface area contributed by atoms with E-state index in [1.165, 1.54) is 5.56 Å². The molecule has 2 heteroatoms. The van der Waals surface area contributed by atoms with Gasteiger partial charge in [0.2, 0.25) is 0 Å². The SMILES string of the molecule is Cc1cccnc1C1(N)CC1C. The molecule has 0 aliphatic heterocycles. The third-order valence-electron chi connectivity index (χ3n) is 2.81. The van der Waals surface area contributed by atoms with Crippen molar-refractivity contribution >= 4 is 0 Å². The van der Waals surface area contributed by atoms with Crippen molar-refractivity contribution in [3.63, 3.8) is 0 Å². The first-order valence-electron chi connectivity index (χ1n) is 4.35. The zero-order valence-electron chi connectivity index (χ0n) is 7.54. The van der Waals surface area contributed by atoms with Crippen molar-refractivity contribution in [2.75, 3.05) is 0 Å². The van der Waals surface area contributed by atoms with Crippen LogP contribution in [0, 0.1) is 12.8 Å². The first kappa shape index (κ1) is 7.74. The number of nitrogens with two attached hydrogens (primary N) is 1. The van der Waals surface area contributed by atoms with Gasteiger partial charge < -0.3 is 5.73 Å². The highest BCUT2D eigenvalue weighted by atomic mass is 14.9. The van der Waals surface area contributed by atoms with Crippen LogP contribution in [0.1, 0.15) is 24.6 Å². The number of aryl methyl sites for hydroxylation is 1. The molecule has 1 aliphatic carbocycles. The van der Waals surface area contributed by atoms with Crippen LogP contribution in [0.25, 0.3) is 0 Å². The second-order valence-electron chi connectivity index (χ2n) is 3.81. The van der Waals surface area contributed by atoms with Crippen molar-refractivity contribution in [1.29, 1.82) is 0 Å². The summed E-state index contributed by atoms with van der Waals surface area (Å²) < 4.78 is 0. The molecule has 64 valence electrons. The number of aromatic nitrogens is 1. The van der Waals surface area contributed by atoms with Gasteiger partial charge in [-0.15, -0.1) is 0 Å². The van der Waals surface area contributed by atoms with Gasteiger partial charge in [-0.25, -0.2) is 0 Å². The van der Waals surface area contributed by atoms with Crippen molar-refractivity contribution in [1.82, 2.24) is 4.98 Å². The predicted octanol–water partition coefficient (Wildman–Crippen LogP) is 1.58. The normalized spacial score (nSPS) is 33.4. The van der Waals surface area contributed by atoms with Gasteiger partial charge in [-0.1, -0.05) is 13.0 Å². The minimum absolute atomic E-state index is 0.120. The lowest BCUT2D eigenvalue weighted by Gasteiger charge is -2.11. The van der Waals surface area contributed by atoms with E-state index in [0.717, 1.165) is 12.1 Å². The Labute approximate surface area is 72.8 Å². The lowest BCUT2D eigenvalue weighted by Crippen LogP contribution is -2.24. The molecule has 1 fully saturated rings. The predicted molar refractivity (Wildman–Crippen MR) is 48.6 cm³/mol. The van der Waals surface area contributed by atoms with Gasteiger partial charge in [-0.3, -0.25) is 4.98 Å². The topological polar surface area (TPSA) is 38.9 Å². The zero-order chi connectivity index (χ0) is 8.77. The van der Waals surface area contributed by atoms with Crippen molar-refractivity contribution in [3.05, 3.63) is 29.6 Å². The molecule has 0 spiro atoms. The Morgan fingerprint density at radius 3 is 2.83 bits per heavy atom. The molecular weight excluding hydrogens is 148 g/mol. The molecular formula is C10H14N2. The zero-order valence-corrected chi connectivity index (χ0v) is 7.54. The summed E-state index contributed by atoms with van der Waals surface area (Å²) in [5.74, 6) is 0.589. The van der Waals surface area contributed by atoms with Crippen LogP contribution in [-0.2, 0) is 5.54 Å². The average Bonchev–Trinajstić information content (AvgIpc) is 2.61. The Hall–Kier alpha value is -0.890. The molecule has 12 heavy (non-hydrogen) atoms. The number of hydrogen-bond donors (Lipinski definition) is 1. The molecule has 0 amide bonds. The Balaban J connectivity index is 2.41. The van der Waals surface area contributed by atoms with Crippen molar-refractivity contribution in [2.45, 2.75) is 25.8 Å². The quantitative estimate of drug-likeness (QED) is 0.681. The first-order chi connectivity index (χ1) is 5.64. The maximum atomic E-state index is 6.15. The molecule has 1 aliphatic rings. The molecule has 0 aromatic carbocycles. The van der Waals surface area contributed by atoms with Crippen LogP contribution in [0.3, 0.4) is 0 Å². The van der Waals surface area contributed by atoms with E-state index in [-0.39, 0.29) is 5.54 Å². The number of hydrogen-bond acceptors (Lipinski definition) is 2. The average molecular weight is 162 g/mol. The molecule has 1 aromatic rings. The Bertz CT molecular complexity index is 308. The third kappa shape index (κ3) is 0.950. The van der Waals surface area contributed by atoms with Crippen LogP contribution < -0.4 is 5.73 Å².